The molecule has 0 fully saturated rings. The average molecular weight is 576 g/mol. The lowest BCUT2D eigenvalue weighted by atomic mass is 10.0. The van der Waals surface area contributed by atoms with E-state index in [1.165, 1.54) is 16.5 Å². The van der Waals surface area contributed by atoms with Crippen molar-refractivity contribution in [2.24, 2.45) is 0 Å². The molecule has 9 heteroatoms. The number of rotatable bonds is 7. The lowest BCUT2D eigenvalue weighted by Crippen LogP contribution is -2.12. The third kappa shape index (κ3) is 5.44. The molecule has 0 saturated heterocycles. The van der Waals surface area contributed by atoms with Crippen molar-refractivity contribution in [3.8, 4) is 33.2 Å². The normalized spacial score (nSPS) is 11.1. The van der Waals surface area contributed by atoms with E-state index in [-0.39, 0.29) is 5.82 Å². The smallest absolute Gasteiger partial charge is 0.159 e. The van der Waals surface area contributed by atoms with E-state index < -0.39 is 0 Å². The Labute approximate surface area is 246 Å². The molecule has 2 aromatic carbocycles. The van der Waals surface area contributed by atoms with Gasteiger partial charge in [-0.1, -0.05) is 44.2 Å². The summed E-state index contributed by atoms with van der Waals surface area (Å²) < 4.78 is 15.3. The first-order chi connectivity index (χ1) is 20.6. The Morgan fingerprint density at radius 3 is 2.52 bits per heavy atom. The van der Waals surface area contributed by atoms with E-state index in [4.69, 9.17) is 4.98 Å². The van der Waals surface area contributed by atoms with Gasteiger partial charge in [-0.05, 0) is 48.4 Å². The number of halogens is 1. The Morgan fingerprint density at radius 2 is 1.71 bits per heavy atom. The molecule has 0 unspecified atom stereocenters. The third-order valence-electron chi connectivity index (χ3n) is 6.86. The summed E-state index contributed by atoms with van der Waals surface area (Å²) in [6.45, 7) is 7.43. The molecule has 0 aliphatic carbocycles. The largest absolute Gasteiger partial charge is 0.336 e. The zero-order chi connectivity index (χ0) is 29.1. The lowest BCUT2D eigenvalue weighted by Gasteiger charge is -2.08. The Morgan fingerprint density at radius 1 is 0.881 bits per heavy atom. The van der Waals surface area contributed by atoms with Crippen molar-refractivity contribution in [2.45, 2.75) is 33.9 Å². The molecule has 0 saturated carbocycles. The van der Waals surface area contributed by atoms with Crippen molar-refractivity contribution >= 4 is 33.3 Å². The zero-order valence-electron chi connectivity index (χ0n) is 23.6. The van der Waals surface area contributed by atoms with E-state index >= 15 is 4.39 Å². The van der Waals surface area contributed by atoms with Gasteiger partial charge in [-0.25, -0.2) is 9.37 Å². The number of nitrogens with zero attached hydrogens (tertiary/aromatic N) is 4. The molecule has 0 radical (unpaired) electrons. The quantitative estimate of drug-likeness (QED) is 0.179. The molecule has 7 aromatic rings. The average Bonchev–Trinajstić information content (AvgIpc) is 3.76. The van der Waals surface area contributed by atoms with Crippen LogP contribution in [0.2, 0.25) is 0 Å². The van der Waals surface area contributed by atoms with Crippen LogP contribution < -0.4 is 5.32 Å². The maximum absolute atomic E-state index is 15.3. The van der Waals surface area contributed by atoms with E-state index in [2.05, 4.69) is 61.7 Å². The number of benzene rings is 2. The minimum absolute atomic E-state index is 0.344. The second-order valence-corrected chi connectivity index (χ2v) is 11.0. The first-order valence-electron chi connectivity index (χ1n) is 13.9. The van der Waals surface area contributed by atoms with Crippen LogP contribution >= 0.6 is 11.3 Å². The van der Waals surface area contributed by atoms with Gasteiger partial charge in [0.1, 0.15) is 22.7 Å². The highest BCUT2D eigenvalue weighted by atomic mass is 32.1. The molecule has 7 nitrogen and oxygen atoms in total. The Balaban J connectivity index is 0.00000155. The van der Waals surface area contributed by atoms with Gasteiger partial charge in [0.05, 0.1) is 15.9 Å². The molecule has 210 valence electrons. The summed E-state index contributed by atoms with van der Waals surface area (Å²) in [7, 11) is 0. The minimum Gasteiger partial charge on any atom is -0.336 e. The van der Waals surface area contributed by atoms with Gasteiger partial charge in [-0.15, -0.1) is 11.3 Å². The Hall–Kier alpha value is -4.73. The minimum atomic E-state index is -0.344. The number of pyridine rings is 2. The Kier molecular flexibility index (Phi) is 7.85. The highest BCUT2D eigenvalue weighted by Crippen LogP contribution is 2.35. The molecular weight excluding hydrogens is 545 g/mol. The predicted molar refractivity (Wildman–Crippen MR) is 169 cm³/mol. The van der Waals surface area contributed by atoms with Crippen LogP contribution in [0.1, 0.15) is 29.9 Å². The van der Waals surface area contributed by atoms with Crippen LogP contribution in [-0.2, 0) is 13.1 Å². The van der Waals surface area contributed by atoms with Gasteiger partial charge in [0.25, 0.3) is 0 Å². The molecule has 7 rings (SSSR count). The summed E-state index contributed by atoms with van der Waals surface area (Å²) in [5.41, 5.74) is 7.02. The molecule has 0 bridgehead atoms. The van der Waals surface area contributed by atoms with Crippen molar-refractivity contribution in [3.63, 3.8) is 0 Å². The van der Waals surface area contributed by atoms with Crippen LogP contribution in [0.5, 0.6) is 0 Å². The van der Waals surface area contributed by atoms with Crippen LogP contribution in [0.15, 0.2) is 85.3 Å². The maximum Gasteiger partial charge on any atom is 0.159 e. The van der Waals surface area contributed by atoms with E-state index in [0.717, 1.165) is 39.1 Å². The van der Waals surface area contributed by atoms with E-state index in [9.17, 15) is 0 Å². The van der Waals surface area contributed by atoms with E-state index in [1.807, 2.05) is 50.2 Å². The highest BCUT2D eigenvalue weighted by Gasteiger charge is 2.19. The summed E-state index contributed by atoms with van der Waals surface area (Å²) >= 11 is 1.68. The second kappa shape index (κ2) is 12.0. The number of H-pyrrole nitrogens is 2. The van der Waals surface area contributed by atoms with Gasteiger partial charge in [0.15, 0.2) is 5.82 Å². The summed E-state index contributed by atoms with van der Waals surface area (Å²) in [5, 5.41) is 11.7. The number of hydrogen-bond donors (Lipinski definition) is 3. The maximum atomic E-state index is 15.3. The van der Waals surface area contributed by atoms with E-state index in [0.29, 0.717) is 34.7 Å². The lowest BCUT2D eigenvalue weighted by molar-refractivity contribution is 0.632. The van der Waals surface area contributed by atoms with Crippen molar-refractivity contribution in [1.29, 1.82) is 0 Å². The number of thiophene rings is 1. The summed E-state index contributed by atoms with van der Waals surface area (Å²) in [6.07, 6.45) is 5.27. The van der Waals surface area contributed by atoms with Crippen molar-refractivity contribution in [3.05, 3.63) is 107 Å². The summed E-state index contributed by atoms with van der Waals surface area (Å²) in [6, 6.07) is 21.5. The first kappa shape index (κ1) is 27.4. The number of aryl methyl sites for hydroxylation is 1. The van der Waals surface area contributed by atoms with Gasteiger partial charge in [0.2, 0.25) is 0 Å². The molecule has 5 heterocycles. The molecular formula is C33H30FN7S. The fourth-order valence-electron chi connectivity index (χ4n) is 4.91. The van der Waals surface area contributed by atoms with Crippen LogP contribution in [0.3, 0.4) is 0 Å². The van der Waals surface area contributed by atoms with Gasteiger partial charge < -0.3 is 10.3 Å². The summed E-state index contributed by atoms with van der Waals surface area (Å²) in [5.74, 6) is 0.251. The van der Waals surface area contributed by atoms with Crippen LogP contribution in [-0.4, -0.2) is 30.1 Å². The second-order valence-electron chi connectivity index (χ2n) is 9.67. The van der Waals surface area contributed by atoms with Crippen LogP contribution in [0.25, 0.3) is 55.2 Å². The van der Waals surface area contributed by atoms with E-state index in [1.54, 1.807) is 29.9 Å². The number of aromatic amines is 2. The molecule has 0 aliphatic rings. The van der Waals surface area contributed by atoms with Crippen LogP contribution in [0.4, 0.5) is 4.39 Å². The molecule has 0 atom stereocenters. The van der Waals surface area contributed by atoms with Gasteiger partial charge in [-0.2, -0.15) is 5.10 Å². The zero-order valence-corrected chi connectivity index (χ0v) is 24.4. The van der Waals surface area contributed by atoms with Crippen molar-refractivity contribution < 1.29 is 4.39 Å². The molecule has 0 amide bonds. The fourth-order valence-corrected chi connectivity index (χ4v) is 5.77. The van der Waals surface area contributed by atoms with Gasteiger partial charge in [0, 0.05) is 59.1 Å². The SMILES string of the molecule is CC.Cc1ccc(-c2nccc3[nH]c(-c4n[nH]c5cc(F)c(-c6cncc(CNCc7ccccc7)c6)cc45)nc23)s1. The molecule has 5 aromatic heterocycles. The topological polar surface area (TPSA) is 95.2 Å². The molecule has 3 N–H and O–H groups in total. The molecule has 0 aliphatic heterocycles. The monoisotopic (exact) mass is 575 g/mol. The predicted octanol–water partition coefficient (Wildman–Crippen LogP) is 8.06. The number of nitrogens with one attached hydrogen (secondary N) is 3. The number of aromatic nitrogens is 6. The highest BCUT2D eigenvalue weighted by molar-refractivity contribution is 7.15. The third-order valence-corrected chi connectivity index (χ3v) is 7.86. The number of hydrogen-bond acceptors (Lipinski definition) is 6. The van der Waals surface area contributed by atoms with Crippen LogP contribution in [0, 0.1) is 12.7 Å². The van der Waals surface area contributed by atoms with Crippen molar-refractivity contribution in [2.75, 3.05) is 0 Å². The fraction of sp³-hybridized carbons (Fsp3) is 0.152. The summed E-state index contributed by atoms with van der Waals surface area (Å²) in [4.78, 5) is 19.5. The number of imidazole rings is 1. The number of fused-ring (bicyclic) bond motifs is 2. The molecule has 0 spiro atoms. The Bertz CT molecular complexity index is 1970. The van der Waals surface area contributed by atoms with Crippen molar-refractivity contribution in [1.82, 2.24) is 35.5 Å². The van der Waals surface area contributed by atoms with Gasteiger partial charge in [-0.3, -0.25) is 15.1 Å². The first-order valence-corrected chi connectivity index (χ1v) is 14.7. The standard InChI is InChI=1S/C31H24FN7S.C2H6/c1-18-7-8-27(40-18)30-29-25(9-10-35-30)36-31(37-29)28-23-12-22(24(32)13-26(23)38-39-28)21-11-20(16-34-17-21)15-33-14-19-5-3-2-4-6-19;1-2/h2-13,16-17,33H,14-15H2,1H3,(H,36,37)(H,38,39);1-2H3. The molecule has 42 heavy (non-hydrogen) atoms. The van der Waals surface area contributed by atoms with Gasteiger partial charge >= 0.3 is 0 Å².